The smallest absolute Gasteiger partial charge is 0.293 e. The van der Waals surface area contributed by atoms with Gasteiger partial charge in [0.25, 0.3) is 6.47 Å². The third-order valence-corrected chi connectivity index (χ3v) is 2.72. The monoisotopic (exact) mass is 214 g/mol. The molecule has 1 aromatic rings. The molecule has 0 aromatic carbocycles. The summed E-state index contributed by atoms with van der Waals surface area (Å²) in [5.74, 6) is 0.541. The van der Waals surface area contributed by atoms with Crippen molar-refractivity contribution < 1.29 is 9.53 Å². The molecular weight excluding hydrogens is 204 g/mol. The minimum Gasteiger partial charge on any atom is -0.467 e. The molecule has 1 heterocycles. The van der Waals surface area contributed by atoms with Crippen molar-refractivity contribution in [2.45, 2.75) is 25.2 Å². The second-order valence-corrected chi connectivity index (χ2v) is 3.77. The third-order valence-electron chi connectivity index (χ3n) is 2.30. The highest BCUT2D eigenvalue weighted by Crippen LogP contribution is 2.42. The van der Waals surface area contributed by atoms with Crippen molar-refractivity contribution in [1.29, 1.82) is 0 Å². The molecule has 5 heteroatoms. The van der Waals surface area contributed by atoms with E-state index in [-0.39, 0.29) is 0 Å². The molecule has 4 nitrogen and oxygen atoms in total. The summed E-state index contributed by atoms with van der Waals surface area (Å²) in [7, 11) is 0. The molecule has 0 atom stereocenters. The van der Waals surface area contributed by atoms with Crippen molar-refractivity contribution in [1.82, 2.24) is 10.2 Å². The van der Waals surface area contributed by atoms with E-state index >= 15 is 0 Å². The van der Waals surface area contributed by atoms with Crippen LogP contribution >= 0.6 is 11.6 Å². The van der Waals surface area contributed by atoms with E-state index in [4.69, 9.17) is 11.6 Å². The summed E-state index contributed by atoms with van der Waals surface area (Å²) < 4.78 is 4.59. The fourth-order valence-corrected chi connectivity index (χ4v) is 1.72. The first kappa shape index (κ1) is 9.52. The van der Waals surface area contributed by atoms with Gasteiger partial charge in [-0.3, -0.25) is 9.89 Å². The second-order valence-electron chi connectivity index (χ2n) is 3.39. The lowest BCUT2D eigenvalue weighted by Gasteiger charge is -1.97. The number of nitrogens with one attached hydrogen (secondary N) is 1. The number of H-pyrrole nitrogens is 1. The predicted molar refractivity (Wildman–Crippen MR) is 51.3 cm³/mol. The Hall–Kier alpha value is -1.03. The van der Waals surface area contributed by atoms with Crippen LogP contribution in [-0.2, 0) is 16.0 Å². The molecule has 1 saturated carbocycles. The van der Waals surface area contributed by atoms with E-state index in [1.54, 1.807) is 0 Å². The van der Waals surface area contributed by atoms with Crippen molar-refractivity contribution in [2.24, 2.45) is 0 Å². The number of hydrogen-bond donors (Lipinski definition) is 1. The fourth-order valence-electron chi connectivity index (χ4n) is 1.38. The molecule has 1 aliphatic carbocycles. The summed E-state index contributed by atoms with van der Waals surface area (Å²) >= 11 is 6.10. The molecule has 2 rings (SSSR count). The second kappa shape index (κ2) is 4.00. The van der Waals surface area contributed by atoms with Gasteiger partial charge in [0.15, 0.2) is 0 Å². The van der Waals surface area contributed by atoms with Crippen LogP contribution in [0.4, 0.5) is 0 Å². The first-order chi connectivity index (χ1) is 6.83. The van der Waals surface area contributed by atoms with Gasteiger partial charge in [-0.15, -0.1) is 0 Å². The van der Waals surface area contributed by atoms with Gasteiger partial charge < -0.3 is 4.74 Å². The number of hydrogen-bond acceptors (Lipinski definition) is 3. The van der Waals surface area contributed by atoms with E-state index in [1.807, 2.05) is 0 Å². The summed E-state index contributed by atoms with van der Waals surface area (Å²) in [4.78, 5) is 9.92. The van der Waals surface area contributed by atoms with Gasteiger partial charge in [-0.05, 0) is 12.8 Å². The summed E-state index contributed by atoms with van der Waals surface area (Å²) in [5.41, 5.74) is 1.82. The molecule has 0 radical (unpaired) electrons. The molecule has 0 amide bonds. The lowest BCUT2D eigenvalue weighted by atomic mass is 10.2. The molecule has 1 aromatic heterocycles. The zero-order chi connectivity index (χ0) is 9.97. The number of rotatable bonds is 5. The molecule has 0 bridgehead atoms. The van der Waals surface area contributed by atoms with Gasteiger partial charge in [0.2, 0.25) is 0 Å². The molecular formula is C9H11ClN2O2. The fraction of sp³-hybridized carbons (Fsp3) is 0.556. The average Bonchev–Trinajstić information content (AvgIpc) is 2.95. The zero-order valence-electron chi connectivity index (χ0n) is 7.62. The number of aromatic amines is 1. The van der Waals surface area contributed by atoms with Gasteiger partial charge in [0.1, 0.15) is 0 Å². The summed E-state index contributed by atoms with van der Waals surface area (Å²) in [6.07, 6.45) is 2.95. The third kappa shape index (κ3) is 1.90. The summed E-state index contributed by atoms with van der Waals surface area (Å²) in [6, 6.07) is 0. The normalized spacial score (nSPS) is 15.5. The Morgan fingerprint density at radius 2 is 2.43 bits per heavy atom. The topological polar surface area (TPSA) is 55.0 Å². The Morgan fingerprint density at radius 1 is 1.64 bits per heavy atom. The summed E-state index contributed by atoms with van der Waals surface area (Å²) in [6.45, 7) is 0.779. The van der Waals surface area contributed by atoms with Gasteiger partial charge in [-0.1, -0.05) is 11.6 Å². The van der Waals surface area contributed by atoms with Crippen molar-refractivity contribution in [3.05, 3.63) is 16.4 Å². The Morgan fingerprint density at radius 3 is 3.07 bits per heavy atom. The van der Waals surface area contributed by atoms with E-state index in [9.17, 15) is 4.79 Å². The van der Waals surface area contributed by atoms with Crippen LogP contribution in [0.25, 0.3) is 0 Å². The standard InChI is InChI=1S/C9H11ClN2O2/c10-8-7(3-4-14-5-13)11-12-9(8)6-1-2-6/h5-6H,1-4H2,(H,11,12). The maximum Gasteiger partial charge on any atom is 0.293 e. The molecule has 0 aliphatic heterocycles. The maximum atomic E-state index is 9.92. The van der Waals surface area contributed by atoms with Crippen LogP contribution in [0.3, 0.4) is 0 Å². The molecule has 1 aliphatic rings. The van der Waals surface area contributed by atoms with Crippen LogP contribution in [-0.4, -0.2) is 23.3 Å². The molecule has 1 N–H and O–H groups in total. The van der Waals surface area contributed by atoms with Crippen LogP contribution in [0.5, 0.6) is 0 Å². The van der Waals surface area contributed by atoms with E-state index in [2.05, 4.69) is 14.9 Å². The molecule has 0 unspecified atom stereocenters. The number of halogens is 1. The van der Waals surface area contributed by atoms with E-state index < -0.39 is 0 Å². The van der Waals surface area contributed by atoms with Gasteiger partial charge in [-0.2, -0.15) is 5.10 Å². The van der Waals surface area contributed by atoms with Crippen LogP contribution in [0.1, 0.15) is 30.1 Å². The Bertz CT molecular complexity index is 334. The lowest BCUT2D eigenvalue weighted by molar-refractivity contribution is -0.128. The molecule has 76 valence electrons. The number of carbonyl (C=O) groups excluding carboxylic acids is 1. The van der Waals surface area contributed by atoms with Crippen LogP contribution in [0, 0.1) is 0 Å². The Kier molecular flexibility index (Phi) is 2.72. The van der Waals surface area contributed by atoms with E-state index in [1.165, 1.54) is 12.8 Å². The van der Waals surface area contributed by atoms with Crippen molar-refractivity contribution >= 4 is 18.1 Å². The van der Waals surface area contributed by atoms with Crippen LogP contribution in [0.15, 0.2) is 0 Å². The molecule has 0 spiro atoms. The number of ether oxygens (including phenoxy) is 1. The first-order valence-electron chi connectivity index (χ1n) is 4.61. The Labute approximate surface area is 86.6 Å². The van der Waals surface area contributed by atoms with Crippen molar-refractivity contribution in [2.75, 3.05) is 6.61 Å². The maximum absolute atomic E-state index is 9.92. The average molecular weight is 215 g/mol. The zero-order valence-corrected chi connectivity index (χ0v) is 8.38. The SMILES string of the molecule is O=COCCc1[nH]nc(C2CC2)c1Cl. The number of carbonyl (C=O) groups is 1. The van der Waals surface area contributed by atoms with Gasteiger partial charge in [0.05, 0.1) is 23.0 Å². The molecule has 1 fully saturated rings. The molecule has 14 heavy (non-hydrogen) atoms. The number of aromatic nitrogens is 2. The summed E-state index contributed by atoms with van der Waals surface area (Å²) in [5, 5.41) is 7.74. The highest BCUT2D eigenvalue weighted by Gasteiger charge is 2.29. The van der Waals surface area contributed by atoms with Gasteiger partial charge in [0, 0.05) is 12.3 Å². The van der Waals surface area contributed by atoms with E-state index in [0.717, 1.165) is 11.4 Å². The highest BCUT2D eigenvalue weighted by atomic mass is 35.5. The highest BCUT2D eigenvalue weighted by molar-refractivity contribution is 6.32. The molecule has 0 saturated heterocycles. The number of nitrogens with zero attached hydrogens (tertiary/aromatic N) is 1. The largest absolute Gasteiger partial charge is 0.467 e. The Balaban J connectivity index is 1.99. The lowest BCUT2D eigenvalue weighted by Crippen LogP contribution is -1.97. The van der Waals surface area contributed by atoms with Gasteiger partial charge >= 0.3 is 0 Å². The van der Waals surface area contributed by atoms with Crippen molar-refractivity contribution in [3.63, 3.8) is 0 Å². The first-order valence-corrected chi connectivity index (χ1v) is 4.98. The van der Waals surface area contributed by atoms with Crippen LogP contribution in [0.2, 0.25) is 5.02 Å². The van der Waals surface area contributed by atoms with Gasteiger partial charge in [-0.25, -0.2) is 0 Å². The quantitative estimate of drug-likeness (QED) is 0.599. The van der Waals surface area contributed by atoms with Crippen molar-refractivity contribution in [3.8, 4) is 0 Å². The minimum atomic E-state index is 0.343. The van der Waals surface area contributed by atoms with Crippen LogP contribution < -0.4 is 0 Å². The predicted octanol–water partition coefficient (Wildman–Crippen LogP) is 1.66. The van der Waals surface area contributed by atoms with E-state index in [0.29, 0.717) is 30.4 Å². The minimum absolute atomic E-state index is 0.343.